The van der Waals surface area contributed by atoms with Gasteiger partial charge in [-0.05, 0) is 54.2 Å². The molecule has 0 bridgehead atoms. The summed E-state index contributed by atoms with van der Waals surface area (Å²) in [5.74, 6) is -0.347. The summed E-state index contributed by atoms with van der Waals surface area (Å²) in [7, 11) is 1.37. The fourth-order valence-corrected chi connectivity index (χ4v) is 3.22. The molecule has 0 saturated carbocycles. The molecule has 3 rings (SSSR count). The van der Waals surface area contributed by atoms with E-state index in [1.807, 2.05) is 43.3 Å². The number of methoxy groups -OCH3 is 1. The van der Waals surface area contributed by atoms with Gasteiger partial charge in [0.05, 0.1) is 25.1 Å². The predicted molar refractivity (Wildman–Crippen MR) is 91.9 cm³/mol. The van der Waals surface area contributed by atoms with Gasteiger partial charge in [-0.3, -0.25) is 4.79 Å². The van der Waals surface area contributed by atoms with E-state index in [0.717, 1.165) is 29.5 Å². The summed E-state index contributed by atoms with van der Waals surface area (Å²) < 4.78 is 4.78. The lowest BCUT2D eigenvalue weighted by atomic mass is 10.0. The van der Waals surface area contributed by atoms with Gasteiger partial charge >= 0.3 is 5.97 Å². The number of esters is 1. The number of carbonyl (C=O) groups is 2. The van der Waals surface area contributed by atoms with E-state index in [9.17, 15) is 9.59 Å². The van der Waals surface area contributed by atoms with Crippen molar-refractivity contribution in [1.29, 1.82) is 0 Å². The van der Waals surface area contributed by atoms with Crippen molar-refractivity contribution in [2.75, 3.05) is 7.11 Å². The quantitative estimate of drug-likeness (QED) is 0.880. The molecule has 1 amide bonds. The zero-order valence-corrected chi connectivity index (χ0v) is 14.0. The van der Waals surface area contributed by atoms with Gasteiger partial charge in [0.2, 0.25) is 5.91 Å². The Morgan fingerprint density at radius 3 is 2.75 bits per heavy atom. The molecular formula is C20H21NO3. The van der Waals surface area contributed by atoms with Crippen molar-refractivity contribution < 1.29 is 14.3 Å². The molecule has 0 radical (unpaired) electrons. The van der Waals surface area contributed by atoms with Gasteiger partial charge in [-0.15, -0.1) is 0 Å². The predicted octanol–water partition coefficient (Wildman–Crippen LogP) is 3.13. The second-order valence-corrected chi connectivity index (χ2v) is 6.17. The first-order valence-electron chi connectivity index (χ1n) is 8.13. The maximum absolute atomic E-state index is 12.4. The Morgan fingerprint density at radius 2 is 2.00 bits per heavy atom. The monoisotopic (exact) mass is 323 g/mol. The number of rotatable bonds is 4. The molecule has 1 N–H and O–H groups in total. The molecule has 0 aliphatic heterocycles. The minimum atomic E-state index is -0.352. The van der Waals surface area contributed by atoms with E-state index in [-0.39, 0.29) is 17.9 Å². The summed E-state index contributed by atoms with van der Waals surface area (Å²) in [6.07, 6.45) is 2.14. The van der Waals surface area contributed by atoms with Crippen molar-refractivity contribution in [2.24, 2.45) is 0 Å². The fourth-order valence-electron chi connectivity index (χ4n) is 3.22. The molecule has 2 aromatic carbocycles. The number of fused-ring (bicyclic) bond motifs is 1. The standard InChI is InChI=1S/C20H21NO3/c1-13-5-3-4-6-15(13)12-19(22)21-18-10-9-14-7-8-16(11-17(14)18)20(23)24-2/h3-8,11,18H,9-10,12H2,1-2H3,(H,21,22)/t18-/m1/s1. The highest BCUT2D eigenvalue weighted by Gasteiger charge is 2.25. The van der Waals surface area contributed by atoms with Crippen LogP contribution in [0.3, 0.4) is 0 Å². The van der Waals surface area contributed by atoms with Crippen LogP contribution >= 0.6 is 0 Å². The Kier molecular flexibility index (Phi) is 4.65. The van der Waals surface area contributed by atoms with E-state index < -0.39 is 0 Å². The second-order valence-electron chi connectivity index (χ2n) is 6.17. The highest BCUT2D eigenvalue weighted by atomic mass is 16.5. The van der Waals surface area contributed by atoms with Crippen LogP contribution in [0.1, 0.15) is 45.1 Å². The maximum Gasteiger partial charge on any atom is 0.337 e. The molecule has 0 aromatic heterocycles. The number of aryl methyl sites for hydroxylation is 2. The van der Waals surface area contributed by atoms with Crippen LogP contribution in [0.4, 0.5) is 0 Å². The van der Waals surface area contributed by atoms with E-state index in [0.29, 0.717) is 12.0 Å². The number of amides is 1. The first-order valence-corrected chi connectivity index (χ1v) is 8.13. The smallest absolute Gasteiger partial charge is 0.337 e. The molecule has 0 saturated heterocycles. The van der Waals surface area contributed by atoms with Crippen LogP contribution in [-0.2, 0) is 22.4 Å². The third-order valence-corrected chi connectivity index (χ3v) is 4.59. The Bertz CT molecular complexity index is 782. The van der Waals surface area contributed by atoms with Crippen LogP contribution in [-0.4, -0.2) is 19.0 Å². The third-order valence-electron chi connectivity index (χ3n) is 4.59. The molecule has 1 aliphatic rings. The van der Waals surface area contributed by atoms with Gasteiger partial charge < -0.3 is 10.1 Å². The Labute approximate surface area is 141 Å². The van der Waals surface area contributed by atoms with Crippen LogP contribution < -0.4 is 5.32 Å². The SMILES string of the molecule is COC(=O)c1ccc2c(c1)[C@H](NC(=O)Cc1ccccc1C)CC2. The van der Waals surface area contributed by atoms with Crippen LogP contribution in [0, 0.1) is 6.92 Å². The van der Waals surface area contributed by atoms with E-state index >= 15 is 0 Å². The molecule has 0 spiro atoms. The third kappa shape index (κ3) is 3.32. The molecule has 0 unspecified atom stereocenters. The summed E-state index contributed by atoms with van der Waals surface area (Å²) in [6, 6.07) is 13.4. The Morgan fingerprint density at radius 1 is 1.21 bits per heavy atom. The number of hydrogen-bond acceptors (Lipinski definition) is 3. The largest absolute Gasteiger partial charge is 0.465 e. The number of ether oxygens (including phenoxy) is 1. The molecule has 4 heteroatoms. The van der Waals surface area contributed by atoms with Crippen LogP contribution in [0.2, 0.25) is 0 Å². The van der Waals surface area contributed by atoms with Crippen molar-refractivity contribution in [3.63, 3.8) is 0 Å². The average molecular weight is 323 g/mol. The number of benzene rings is 2. The lowest BCUT2D eigenvalue weighted by Gasteiger charge is -2.15. The van der Waals surface area contributed by atoms with E-state index in [1.165, 1.54) is 12.7 Å². The average Bonchev–Trinajstić information content (AvgIpc) is 2.98. The first kappa shape index (κ1) is 16.2. The van der Waals surface area contributed by atoms with Gasteiger partial charge in [-0.1, -0.05) is 30.3 Å². The first-order chi connectivity index (χ1) is 11.6. The fraction of sp³-hybridized carbons (Fsp3) is 0.300. The molecule has 24 heavy (non-hydrogen) atoms. The number of carbonyl (C=O) groups excluding carboxylic acids is 2. The van der Waals surface area contributed by atoms with Crippen molar-refractivity contribution in [3.05, 3.63) is 70.3 Å². The molecule has 4 nitrogen and oxygen atoms in total. The van der Waals surface area contributed by atoms with Gasteiger partial charge in [0.25, 0.3) is 0 Å². The Balaban J connectivity index is 1.73. The van der Waals surface area contributed by atoms with E-state index in [2.05, 4.69) is 5.32 Å². The van der Waals surface area contributed by atoms with Crippen LogP contribution in [0.15, 0.2) is 42.5 Å². The van der Waals surface area contributed by atoms with Crippen LogP contribution in [0.5, 0.6) is 0 Å². The lowest BCUT2D eigenvalue weighted by Crippen LogP contribution is -2.28. The summed E-state index contributed by atoms with van der Waals surface area (Å²) in [6.45, 7) is 2.01. The summed E-state index contributed by atoms with van der Waals surface area (Å²) in [5.41, 5.74) is 4.89. The summed E-state index contributed by atoms with van der Waals surface area (Å²) in [5, 5.41) is 3.10. The molecule has 0 heterocycles. The van der Waals surface area contributed by atoms with E-state index in [1.54, 1.807) is 6.07 Å². The molecular weight excluding hydrogens is 302 g/mol. The topological polar surface area (TPSA) is 55.4 Å². The number of hydrogen-bond donors (Lipinski definition) is 1. The second kappa shape index (κ2) is 6.87. The van der Waals surface area contributed by atoms with Gasteiger partial charge in [-0.25, -0.2) is 4.79 Å². The van der Waals surface area contributed by atoms with Crippen molar-refractivity contribution in [2.45, 2.75) is 32.2 Å². The van der Waals surface area contributed by atoms with Gasteiger partial charge in [0.15, 0.2) is 0 Å². The highest BCUT2D eigenvalue weighted by molar-refractivity contribution is 5.89. The minimum Gasteiger partial charge on any atom is -0.465 e. The Hall–Kier alpha value is -2.62. The molecule has 1 atom stereocenters. The maximum atomic E-state index is 12.4. The van der Waals surface area contributed by atoms with Crippen LogP contribution in [0.25, 0.3) is 0 Å². The molecule has 124 valence electrons. The van der Waals surface area contributed by atoms with E-state index in [4.69, 9.17) is 4.74 Å². The van der Waals surface area contributed by atoms with Crippen molar-refractivity contribution >= 4 is 11.9 Å². The molecule has 1 aliphatic carbocycles. The van der Waals surface area contributed by atoms with Gasteiger partial charge in [0, 0.05) is 0 Å². The van der Waals surface area contributed by atoms with Gasteiger partial charge in [-0.2, -0.15) is 0 Å². The molecule has 0 fully saturated rings. The summed E-state index contributed by atoms with van der Waals surface area (Å²) >= 11 is 0. The minimum absolute atomic E-state index is 0.00520. The normalized spacial score (nSPS) is 15.7. The van der Waals surface area contributed by atoms with Crippen molar-refractivity contribution in [3.8, 4) is 0 Å². The highest BCUT2D eigenvalue weighted by Crippen LogP contribution is 2.32. The lowest BCUT2D eigenvalue weighted by molar-refractivity contribution is -0.121. The zero-order valence-electron chi connectivity index (χ0n) is 14.0. The zero-order chi connectivity index (χ0) is 17.1. The summed E-state index contributed by atoms with van der Waals surface area (Å²) in [4.78, 5) is 24.1. The van der Waals surface area contributed by atoms with Crippen molar-refractivity contribution in [1.82, 2.24) is 5.32 Å². The van der Waals surface area contributed by atoms with Gasteiger partial charge in [0.1, 0.15) is 0 Å². The number of nitrogens with one attached hydrogen (secondary N) is 1. The molecule has 2 aromatic rings.